The van der Waals surface area contributed by atoms with Crippen LogP contribution >= 0.6 is 0 Å². The molecule has 26 heavy (non-hydrogen) atoms. The van der Waals surface area contributed by atoms with E-state index in [0.717, 1.165) is 25.7 Å². The maximum atomic E-state index is 12.1. The van der Waals surface area contributed by atoms with Crippen molar-refractivity contribution >= 4 is 11.6 Å². The second kappa shape index (κ2) is 11.8. The lowest BCUT2D eigenvalue weighted by atomic mass is 9.89. The number of hydrogen-bond acceptors (Lipinski definition) is 4. The van der Waals surface area contributed by atoms with Gasteiger partial charge in [-0.2, -0.15) is 0 Å². The second-order valence-corrected chi connectivity index (χ2v) is 7.13. The summed E-state index contributed by atoms with van der Waals surface area (Å²) in [6, 6.07) is 0. The van der Waals surface area contributed by atoms with Crippen molar-refractivity contribution in [1.82, 2.24) is 0 Å². The zero-order chi connectivity index (χ0) is 19.4. The number of allylic oxidation sites excluding steroid dienone is 3. The number of ketones is 2. The Kier molecular flexibility index (Phi) is 10.2. The summed E-state index contributed by atoms with van der Waals surface area (Å²) < 4.78 is 0. The first-order valence-corrected chi connectivity index (χ1v) is 9.62. The second-order valence-electron chi connectivity index (χ2n) is 7.13. The Balaban J connectivity index is 2.46. The zero-order valence-corrected chi connectivity index (χ0v) is 15.8. The summed E-state index contributed by atoms with van der Waals surface area (Å²) in [7, 11) is 0. The molecule has 1 aliphatic carbocycles. The lowest BCUT2D eigenvalue weighted by Crippen LogP contribution is -2.25. The minimum absolute atomic E-state index is 0.00771. The fraction of sp³-hybridized carbons (Fsp3) is 0.636. The molecule has 0 amide bonds. The van der Waals surface area contributed by atoms with E-state index in [1.165, 1.54) is 0 Å². The molecule has 4 nitrogen and oxygen atoms in total. The van der Waals surface area contributed by atoms with Gasteiger partial charge in [0.1, 0.15) is 18.0 Å². The summed E-state index contributed by atoms with van der Waals surface area (Å²) in [4.78, 5) is 23.1. The molecular weight excluding hydrogens is 328 g/mol. The number of rotatable bonds is 12. The van der Waals surface area contributed by atoms with E-state index in [2.05, 4.69) is 5.92 Å². The van der Waals surface area contributed by atoms with Crippen LogP contribution in [0.25, 0.3) is 0 Å². The summed E-state index contributed by atoms with van der Waals surface area (Å²) >= 11 is 0. The van der Waals surface area contributed by atoms with Gasteiger partial charge in [-0.05, 0) is 38.0 Å². The van der Waals surface area contributed by atoms with Gasteiger partial charge in [0, 0.05) is 25.2 Å². The fourth-order valence-electron chi connectivity index (χ4n) is 3.41. The highest BCUT2D eigenvalue weighted by Gasteiger charge is 2.32. The summed E-state index contributed by atoms with van der Waals surface area (Å²) in [5.74, 6) is 2.83. The number of aliphatic hydroxyl groups is 2. The number of aliphatic hydroxyl groups excluding tert-OH is 1. The smallest absolute Gasteiger partial charge is 0.158 e. The van der Waals surface area contributed by atoms with Gasteiger partial charge < -0.3 is 10.2 Å². The highest BCUT2D eigenvalue weighted by Crippen LogP contribution is 2.33. The molecule has 4 heteroatoms. The predicted octanol–water partition coefficient (Wildman–Crippen LogP) is 3.37. The van der Waals surface area contributed by atoms with Crippen molar-refractivity contribution in [2.24, 2.45) is 11.8 Å². The molecule has 1 aliphatic rings. The quantitative estimate of drug-likeness (QED) is 0.318. The minimum Gasteiger partial charge on any atom is -0.389 e. The van der Waals surface area contributed by atoms with Crippen molar-refractivity contribution in [3.05, 3.63) is 24.3 Å². The van der Waals surface area contributed by atoms with E-state index in [-0.39, 0.29) is 24.2 Å². The van der Waals surface area contributed by atoms with Crippen LogP contribution in [0.4, 0.5) is 0 Å². The van der Waals surface area contributed by atoms with E-state index in [4.69, 9.17) is 11.5 Å². The van der Waals surface area contributed by atoms with Gasteiger partial charge >= 0.3 is 0 Å². The van der Waals surface area contributed by atoms with Gasteiger partial charge in [0.05, 0.1) is 0 Å². The Morgan fingerprint density at radius 3 is 2.81 bits per heavy atom. The first-order valence-electron chi connectivity index (χ1n) is 9.62. The Bertz CT molecular complexity index is 555. The summed E-state index contributed by atoms with van der Waals surface area (Å²) in [5.41, 5.74) is -1.09. The maximum Gasteiger partial charge on any atom is 0.158 e. The van der Waals surface area contributed by atoms with Crippen LogP contribution in [0.2, 0.25) is 0 Å². The van der Waals surface area contributed by atoms with E-state index in [0.29, 0.717) is 37.9 Å². The van der Waals surface area contributed by atoms with Crippen molar-refractivity contribution in [1.29, 1.82) is 0 Å². The molecular formula is C22H32O4. The van der Waals surface area contributed by atoms with E-state index in [1.807, 2.05) is 31.2 Å². The average molecular weight is 360 g/mol. The monoisotopic (exact) mass is 360 g/mol. The molecule has 144 valence electrons. The molecule has 0 aromatic heterocycles. The fourth-order valence-corrected chi connectivity index (χ4v) is 3.41. The Labute approximate surface area is 157 Å². The summed E-state index contributed by atoms with van der Waals surface area (Å²) in [6.07, 6.45) is 19.3. The summed E-state index contributed by atoms with van der Waals surface area (Å²) in [5, 5.41) is 19.0. The van der Waals surface area contributed by atoms with Crippen LogP contribution in [0.3, 0.4) is 0 Å². The molecule has 1 fully saturated rings. The Morgan fingerprint density at radius 2 is 2.15 bits per heavy atom. The van der Waals surface area contributed by atoms with Gasteiger partial charge in [0.2, 0.25) is 0 Å². The third-order valence-electron chi connectivity index (χ3n) is 4.98. The molecule has 0 bridgehead atoms. The van der Waals surface area contributed by atoms with Crippen molar-refractivity contribution in [2.45, 2.75) is 70.3 Å². The molecule has 1 rings (SSSR count). The molecule has 0 aromatic rings. The van der Waals surface area contributed by atoms with E-state index < -0.39 is 5.60 Å². The van der Waals surface area contributed by atoms with Crippen LogP contribution in [0.15, 0.2) is 24.3 Å². The molecule has 0 aliphatic heterocycles. The Morgan fingerprint density at radius 1 is 1.38 bits per heavy atom. The number of carbonyl (C=O) groups excluding carboxylic acids is 2. The number of Topliss-reactive ketones (excluding diaryl/α,β-unsaturated/α-hetero) is 2. The van der Waals surface area contributed by atoms with Crippen LogP contribution in [-0.2, 0) is 9.59 Å². The number of terminal acetylenes is 1. The number of hydrogen-bond donors (Lipinski definition) is 2. The molecule has 0 spiro atoms. The van der Waals surface area contributed by atoms with Crippen molar-refractivity contribution in [2.75, 3.05) is 6.61 Å². The van der Waals surface area contributed by atoms with Crippen LogP contribution in [0.5, 0.6) is 0 Å². The van der Waals surface area contributed by atoms with Crippen LogP contribution in [-0.4, -0.2) is 34.0 Å². The molecule has 2 N–H and O–H groups in total. The van der Waals surface area contributed by atoms with Gasteiger partial charge in [-0.3, -0.25) is 9.59 Å². The van der Waals surface area contributed by atoms with Gasteiger partial charge in [0.15, 0.2) is 5.78 Å². The third-order valence-corrected chi connectivity index (χ3v) is 4.98. The summed E-state index contributed by atoms with van der Waals surface area (Å²) in [6.45, 7) is 1.60. The van der Waals surface area contributed by atoms with Crippen LogP contribution in [0, 0.1) is 24.2 Å². The van der Waals surface area contributed by atoms with Crippen LogP contribution in [0.1, 0.15) is 64.7 Å². The van der Waals surface area contributed by atoms with Crippen molar-refractivity contribution < 1.29 is 19.8 Å². The highest BCUT2D eigenvalue weighted by molar-refractivity contribution is 5.83. The number of unbranched alkanes of at least 4 members (excludes halogenated alkanes) is 1. The molecule has 0 heterocycles. The zero-order valence-electron chi connectivity index (χ0n) is 15.8. The molecule has 0 saturated heterocycles. The SMILES string of the molecule is C#CC(O)(C/C=C/[C@H]1CCC(=O)[C@@H]1C/C=C\CCCC(=O)CO)CCC. The lowest BCUT2D eigenvalue weighted by molar-refractivity contribution is -0.122. The number of carbonyl (C=O) groups is 2. The minimum atomic E-state index is -1.09. The van der Waals surface area contributed by atoms with E-state index in [1.54, 1.807) is 0 Å². The first kappa shape index (κ1) is 22.3. The molecule has 1 unspecified atom stereocenters. The van der Waals surface area contributed by atoms with E-state index >= 15 is 0 Å². The topological polar surface area (TPSA) is 74.6 Å². The normalized spacial score (nSPS) is 22.8. The van der Waals surface area contributed by atoms with Crippen LogP contribution < -0.4 is 0 Å². The van der Waals surface area contributed by atoms with Crippen molar-refractivity contribution in [3.8, 4) is 12.3 Å². The Hall–Kier alpha value is -1.70. The van der Waals surface area contributed by atoms with E-state index in [9.17, 15) is 14.7 Å². The van der Waals surface area contributed by atoms with Gasteiger partial charge in [-0.1, -0.05) is 43.6 Å². The standard InChI is InChI=1S/C22H32O4/c1-3-15-22(26,4-2)16-9-10-18-13-14-21(25)20(18)12-8-6-5-7-11-19(24)17-23/h2,6,8-10,18,20,23,26H,3,5,7,11-17H2,1H3/b8-6-,10-9+/t18-,20+,22?/m0/s1. The average Bonchev–Trinajstić information content (AvgIpc) is 2.98. The van der Waals surface area contributed by atoms with Gasteiger partial charge in [-0.25, -0.2) is 0 Å². The maximum absolute atomic E-state index is 12.1. The van der Waals surface area contributed by atoms with Gasteiger partial charge in [0.25, 0.3) is 0 Å². The molecule has 0 aromatic carbocycles. The lowest BCUT2D eigenvalue weighted by Gasteiger charge is -2.20. The molecule has 3 atom stereocenters. The third kappa shape index (κ3) is 7.68. The highest BCUT2D eigenvalue weighted by atomic mass is 16.3. The largest absolute Gasteiger partial charge is 0.389 e. The molecule has 1 saturated carbocycles. The predicted molar refractivity (Wildman–Crippen MR) is 103 cm³/mol. The first-order chi connectivity index (χ1) is 12.5. The van der Waals surface area contributed by atoms with Crippen molar-refractivity contribution in [3.63, 3.8) is 0 Å². The van der Waals surface area contributed by atoms with Gasteiger partial charge in [-0.15, -0.1) is 6.42 Å². The molecule has 0 radical (unpaired) electrons.